The van der Waals surface area contributed by atoms with Crippen molar-refractivity contribution in [2.75, 3.05) is 43.0 Å². The Balaban J connectivity index is 1.86. The molecule has 1 aliphatic heterocycles. The molecule has 0 unspecified atom stereocenters. The summed E-state index contributed by atoms with van der Waals surface area (Å²) in [5.74, 6) is 1.88. The van der Waals surface area contributed by atoms with E-state index in [0.29, 0.717) is 6.04 Å². The van der Waals surface area contributed by atoms with Crippen molar-refractivity contribution in [2.24, 2.45) is 0 Å². The van der Waals surface area contributed by atoms with E-state index in [4.69, 9.17) is 9.97 Å². The van der Waals surface area contributed by atoms with Crippen LogP contribution in [0.4, 0.5) is 11.8 Å². The van der Waals surface area contributed by atoms with Crippen molar-refractivity contribution in [3.63, 3.8) is 0 Å². The lowest BCUT2D eigenvalue weighted by Crippen LogP contribution is -2.45. The molecule has 5 nitrogen and oxygen atoms in total. The monoisotopic (exact) mass is 339 g/mol. The summed E-state index contributed by atoms with van der Waals surface area (Å²) < 4.78 is 0. The van der Waals surface area contributed by atoms with Crippen LogP contribution in [0.15, 0.2) is 36.4 Å². The zero-order chi connectivity index (χ0) is 17.8. The predicted octanol–water partition coefficient (Wildman–Crippen LogP) is 2.95. The van der Waals surface area contributed by atoms with Crippen molar-refractivity contribution in [2.45, 2.75) is 33.4 Å². The van der Waals surface area contributed by atoms with Gasteiger partial charge in [-0.05, 0) is 33.4 Å². The zero-order valence-electron chi connectivity index (χ0n) is 15.8. The highest BCUT2D eigenvalue weighted by Gasteiger charge is 2.20. The van der Waals surface area contributed by atoms with Crippen molar-refractivity contribution in [3.05, 3.63) is 47.7 Å². The Kier molecular flexibility index (Phi) is 5.53. The van der Waals surface area contributed by atoms with E-state index < -0.39 is 0 Å². The van der Waals surface area contributed by atoms with Gasteiger partial charge in [0.25, 0.3) is 0 Å². The fraction of sp³-hybridized carbons (Fsp3) is 0.500. The normalized spacial score (nSPS) is 15.6. The first-order chi connectivity index (χ1) is 12.0. The Labute approximate surface area is 151 Å². The van der Waals surface area contributed by atoms with Crippen molar-refractivity contribution in [1.29, 1.82) is 0 Å². The number of hydrogen-bond acceptors (Lipinski definition) is 5. The van der Waals surface area contributed by atoms with Gasteiger partial charge in [0.15, 0.2) is 0 Å². The van der Waals surface area contributed by atoms with Crippen molar-refractivity contribution in [1.82, 2.24) is 14.9 Å². The number of likely N-dealkylation sites (N-methyl/N-ethyl adjacent to an activating group) is 1. The van der Waals surface area contributed by atoms with Crippen LogP contribution in [0, 0.1) is 6.92 Å². The number of aromatic nitrogens is 2. The van der Waals surface area contributed by atoms with E-state index in [1.54, 1.807) is 0 Å². The molecule has 1 aliphatic rings. The molecule has 2 heterocycles. The van der Waals surface area contributed by atoms with Crippen LogP contribution < -0.4 is 9.80 Å². The highest BCUT2D eigenvalue weighted by molar-refractivity contribution is 5.47. The Bertz CT molecular complexity index is 678. The van der Waals surface area contributed by atoms with Crippen LogP contribution in [0.25, 0.3) is 0 Å². The molecule has 1 fully saturated rings. The number of benzene rings is 1. The molecule has 0 amide bonds. The van der Waals surface area contributed by atoms with Crippen LogP contribution in [-0.4, -0.2) is 54.1 Å². The quantitative estimate of drug-likeness (QED) is 0.837. The molecule has 0 N–H and O–H groups in total. The van der Waals surface area contributed by atoms with Gasteiger partial charge in [0.1, 0.15) is 5.82 Å². The first-order valence-corrected chi connectivity index (χ1v) is 9.12. The molecule has 5 heteroatoms. The Morgan fingerprint density at radius 1 is 1.04 bits per heavy atom. The maximum Gasteiger partial charge on any atom is 0.228 e. The van der Waals surface area contributed by atoms with Crippen LogP contribution in [-0.2, 0) is 6.54 Å². The molecule has 2 aromatic rings. The molecule has 3 rings (SSSR count). The third kappa shape index (κ3) is 4.48. The summed E-state index contributed by atoms with van der Waals surface area (Å²) in [6, 6.07) is 13.0. The van der Waals surface area contributed by atoms with Gasteiger partial charge in [-0.15, -0.1) is 0 Å². The zero-order valence-corrected chi connectivity index (χ0v) is 15.8. The summed E-state index contributed by atoms with van der Waals surface area (Å²) in [7, 11) is 2.17. The van der Waals surface area contributed by atoms with E-state index in [1.807, 2.05) is 0 Å². The van der Waals surface area contributed by atoms with E-state index in [2.05, 4.69) is 78.9 Å². The van der Waals surface area contributed by atoms with Gasteiger partial charge in [0, 0.05) is 50.5 Å². The highest BCUT2D eigenvalue weighted by atomic mass is 15.3. The lowest BCUT2D eigenvalue weighted by atomic mass is 10.2. The Morgan fingerprint density at radius 2 is 1.72 bits per heavy atom. The van der Waals surface area contributed by atoms with Crippen molar-refractivity contribution >= 4 is 11.8 Å². The minimum atomic E-state index is 0.336. The second kappa shape index (κ2) is 7.83. The molecular weight excluding hydrogens is 310 g/mol. The number of piperazine rings is 1. The van der Waals surface area contributed by atoms with Gasteiger partial charge >= 0.3 is 0 Å². The molecule has 0 aliphatic carbocycles. The first-order valence-electron chi connectivity index (χ1n) is 9.12. The van der Waals surface area contributed by atoms with Crippen LogP contribution in [0.2, 0.25) is 0 Å². The van der Waals surface area contributed by atoms with Gasteiger partial charge in [-0.3, -0.25) is 0 Å². The van der Waals surface area contributed by atoms with E-state index in [1.165, 1.54) is 5.56 Å². The molecule has 0 saturated carbocycles. The fourth-order valence-corrected chi connectivity index (χ4v) is 3.13. The number of aryl methyl sites for hydroxylation is 1. The molecular formula is C20H29N5. The molecule has 1 saturated heterocycles. The Hall–Kier alpha value is -2.14. The summed E-state index contributed by atoms with van der Waals surface area (Å²) in [5, 5.41) is 0. The topological polar surface area (TPSA) is 35.5 Å². The van der Waals surface area contributed by atoms with E-state index in [9.17, 15) is 0 Å². The van der Waals surface area contributed by atoms with Crippen molar-refractivity contribution < 1.29 is 0 Å². The van der Waals surface area contributed by atoms with E-state index in [0.717, 1.165) is 50.2 Å². The molecule has 134 valence electrons. The maximum atomic E-state index is 4.92. The van der Waals surface area contributed by atoms with Crippen LogP contribution in [0.5, 0.6) is 0 Å². The van der Waals surface area contributed by atoms with Gasteiger partial charge < -0.3 is 14.7 Å². The predicted molar refractivity (Wildman–Crippen MR) is 104 cm³/mol. The average molecular weight is 339 g/mol. The molecule has 1 aromatic carbocycles. The SMILES string of the molecule is Cc1cc(N2CCN(C)CC2)nc(N(Cc2ccccc2)C(C)C)n1. The van der Waals surface area contributed by atoms with Crippen LogP contribution >= 0.6 is 0 Å². The summed E-state index contributed by atoms with van der Waals surface area (Å²) in [4.78, 5) is 16.7. The largest absolute Gasteiger partial charge is 0.354 e. The highest BCUT2D eigenvalue weighted by Crippen LogP contribution is 2.22. The number of anilines is 2. The minimum absolute atomic E-state index is 0.336. The minimum Gasteiger partial charge on any atom is -0.354 e. The second-order valence-electron chi connectivity index (χ2n) is 7.17. The molecule has 25 heavy (non-hydrogen) atoms. The molecule has 0 spiro atoms. The number of rotatable bonds is 5. The third-order valence-corrected chi connectivity index (χ3v) is 4.73. The van der Waals surface area contributed by atoms with Gasteiger partial charge in [0.05, 0.1) is 0 Å². The first kappa shape index (κ1) is 17.7. The smallest absolute Gasteiger partial charge is 0.228 e. The van der Waals surface area contributed by atoms with E-state index in [-0.39, 0.29) is 0 Å². The summed E-state index contributed by atoms with van der Waals surface area (Å²) in [6.45, 7) is 11.5. The summed E-state index contributed by atoms with van der Waals surface area (Å²) in [5.41, 5.74) is 2.31. The molecule has 1 aromatic heterocycles. The maximum absolute atomic E-state index is 4.92. The number of nitrogens with zero attached hydrogens (tertiary/aromatic N) is 5. The molecule has 0 bridgehead atoms. The standard InChI is InChI=1S/C20H29N5/c1-16(2)25(15-18-8-6-5-7-9-18)20-21-17(3)14-19(22-20)24-12-10-23(4)11-13-24/h5-9,14,16H,10-13,15H2,1-4H3. The van der Waals surface area contributed by atoms with Gasteiger partial charge in [-0.1, -0.05) is 30.3 Å². The molecule has 0 atom stereocenters. The van der Waals surface area contributed by atoms with Gasteiger partial charge in [-0.2, -0.15) is 4.98 Å². The van der Waals surface area contributed by atoms with E-state index >= 15 is 0 Å². The van der Waals surface area contributed by atoms with Crippen LogP contribution in [0.1, 0.15) is 25.1 Å². The van der Waals surface area contributed by atoms with Gasteiger partial charge in [0.2, 0.25) is 5.95 Å². The Morgan fingerprint density at radius 3 is 2.36 bits per heavy atom. The fourth-order valence-electron chi connectivity index (χ4n) is 3.13. The number of hydrogen-bond donors (Lipinski definition) is 0. The lowest BCUT2D eigenvalue weighted by Gasteiger charge is -2.34. The summed E-state index contributed by atoms with van der Waals surface area (Å²) >= 11 is 0. The third-order valence-electron chi connectivity index (χ3n) is 4.73. The molecule has 0 radical (unpaired) electrons. The van der Waals surface area contributed by atoms with Crippen LogP contribution in [0.3, 0.4) is 0 Å². The lowest BCUT2D eigenvalue weighted by molar-refractivity contribution is 0.312. The second-order valence-corrected chi connectivity index (χ2v) is 7.17. The average Bonchev–Trinajstić information content (AvgIpc) is 2.60. The van der Waals surface area contributed by atoms with Crippen molar-refractivity contribution in [3.8, 4) is 0 Å². The summed E-state index contributed by atoms with van der Waals surface area (Å²) in [6.07, 6.45) is 0. The van der Waals surface area contributed by atoms with Gasteiger partial charge in [-0.25, -0.2) is 4.98 Å².